The van der Waals surface area contributed by atoms with Crippen molar-refractivity contribution in [3.8, 4) is 5.75 Å². The molecule has 2 amide bonds. The van der Waals surface area contributed by atoms with E-state index in [0.29, 0.717) is 56.0 Å². The van der Waals surface area contributed by atoms with Gasteiger partial charge in [-0.05, 0) is 49.1 Å². The van der Waals surface area contributed by atoms with E-state index in [2.05, 4.69) is 33.6 Å². The number of aliphatic imine (C=N–C) groups is 1. The normalized spacial score (nSPS) is 11.7. The average Bonchev–Trinajstić information content (AvgIpc) is 3.38. The molecule has 10 nitrogen and oxygen atoms in total. The zero-order valence-electron chi connectivity index (χ0n) is 24.1. The number of aromatic amines is 1. The molecule has 1 aromatic heterocycles. The van der Waals surface area contributed by atoms with Crippen LogP contribution in [0.4, 0.5) is 5.69 Å². The van der Waals surface area contributed by atoms with Crippen molar-refractivity contribution < 1.29 is 14.3 Å². The van der Waals surface area contributed by atoms with Gasteiger partial charge in [0.2, 0.25) is 5.91 Å². The van der Waals surface area contributed by atoms with Crippen LogP contribution in [0.1, 0.15) is 74.2 Å². The molecule has 1 atom stereocenters. The number of benzene rings is 2. The molecular formula is C31H45N7O3. The first-order chi connectivity index (χ1) is 19.9. The maximum atomic E-state index is 12.9. The van der Waals surface area contributed by atoms with Crippen LogP contribution in [-0.4, -0.2) is 48.5 Å². The highest BCUT2D eigenvalue weighted by Crippen LogP contribution is 2.27. The van der Waals surface area contributed by atoms with E-state index in [4.69, 9.17) is 21.9 Å². The summed E-state index contributed by atoms with van der Waals surface area (Å²) >= 11 is 0. The van der Waals surface area contributed by atoms with Crippen molar-refractivity contribution >= 4 is 34.4 Å². The number of ether oxygens (including phenoxy) is 1. The van der Waals surface area contributed by atoms with Crippen LogP contribution in [0.3, 0.4) is 0 Å². The monoisotopic (exact) mass is 563 g/mol. The molecule has 0 saturated heterocycles. The number of hydrogen-bond acceptors (Lipinski definition) is 5. The highest BCUT2D eigenvalue weighted by atomic mass is 16.5. The smallest absolute Gasteiger partial charge is 0.251 e. The summed E-state index contributed by atoms with van der Waals surface area (Å²) < 4.78 is 6.14. The summed E-state index contributed by atoms with van der Waals surface area (Å²) in [4.78, 5) is 32.9. The second kappa shape index (κ2) is 16.9. The number of anilines is 1. The molecule has 0 bridgehead atoms. The summed E-state index contributed by atoms with van der Waals surface area (Å²) in [6, 6.07) is 12.4. The number of nitrogens with two attached hydrogens (primary N) is 3. The van der Waals surface area contributed by atoms with Crippen molar-refractivity contribution in [1.29, 1.82) is 0 Å². The standard InChI is InChI=1S/C31H45N7O3/c1-2-3-4-5-6-9-17-35-29(39)22-14-15-27(38-30(40)25(32)12-10-18-36-31(33)34)28(20-22)41-19-16-23-21-37-26-13-8-7-11-24(23)26/h7-8,11,13-15,20-21,25,37H,2-6,9-10,12,16-19,32H2,1H3,(H,35,39)(H,38,40)(H4,33,34,36)/t25-/m0/s1. The van der Waals surface area contributed by atoms with Gasteiger partial charge < -0.3 is 37.6 Å². The second-order valence-corrected chi connectivity index (χ2v) is 10.2. The third kappa shape index (κ3) is 10.5. The lowest BCUT2D eigenvalue weighted by atomic mass is 10.1. The molecule has 0 saturated carbocycles. The lowest BCUT2D eigenvalue weighted by molar-refractivity contribution is -0.117. The number of hydrogen-bond donors (Lipinski definition) is 6. The molecule has 0 aliphatic carbocycles. The van der Waals surface area contributed by atoms with Gasteiger partial charge in [-0.2, -0.15) is 0 Å². The molecule has 10 heteroatoms. The van der Waals surface area contributed by atoms with Crippen molar-refractivity contribution in [2.24, 2.45) is 22.2 Å². The molecular weight excluding hydrogens is 518 g/mol. The highest BCUT2D eigenvalue weighted by molar-refractivity contribution is 5.98. The molecule has 1 heterocycles. The lowest BCUT2D eigenvalue weighted by Crippen LogP contribution is -2.36. The van der Waals surface area contributed by atoms with Gasteiger partial charge in [0.25, 0.3) is 5.91 Å². The molecule has 0 fully saturated rings. The minimum atomic E-state index is -0.747. The number of carbonyl (C=O) groups excluding carboxylic acids is 2. The van der Waals surface area contributed by atoms with Crippen molar-refractivity contribution in [3.05, 3.63) is 59.8 Å². The van der Waals surface area contributed by atoms with Gasteiger partial charge in [-0.25, -0.2) is 0 Å². The Morgan fingerprint density at radius 3 is 2.61 bits per heavy atom. The van der Waals surface area contributed by atoms with Gasteiger partial charge in [0.05, 0.1) is 18.3 Å². The molecule has 41 heavy (non-hydrogen) atoms. The van der Waals surface area contributed by atoms with Crippen LogP contribution in [0.5, 0.6) is 5.75 Å². The van der Waals surface area contributed by atoms with Gasteiger partial charge in [-0.3, -0.25) is 14.6 Å². The number of H-pyrrole nitrogens is 1. The van der Waals surface area contributed by atoms with E-state index in [1.807, 2.05) is 24.4 Å². The van der Waals surface area contributed by atoms with E-state index in [0.717, 1.165) is 29.3 Å². The third-order valence-corrected chi connectivity index (χ3v) is 6.93. The van der Waals surface area contributed by atoms with E-state index in [-0.39, 0.29) is 17.8 Å². The van der Waals surface area contributed by atoms with Gasteiger partial charge in [0.15, 0.2) is 5.96 Å². The highest BCUT2D eigenvalue weighted by Gasteiger charge is 2.17. The molecule has 0 aliphatic rings. The summed E-state index contributed by atoms with van der Waals surface area (Å²) in [6.07, 6.45) is 10.5. The minimum Gasteiger partial charge on any atom is -0.491 e. The molecule has 2 aromatic carbocycles. The summed E-state index contributed by atoms with van der Waals surface area (Å²) in [6.45, 7) is 3.57. The Kier molecular flexibility index (Phi) is 13.0. The first-order valence-corrected chi connectivity index (χ1v) is 14.6. The van der Waals surface area contributed by atoms with Crippen LogP contribution >= 0.6 is 0 Å². The number of unbranched alkanes of at least 4 members (excludes halogenated alkanes) is 5. The predicted octanol–water partition coefficient (Wildman–Crippen LogP) is 4.20. The Bertz CT molecular complexity index is 1280. The Labute approximate surface area is 242 Å². The molecule has 9 N–H and O–H groups in total. The minimum absolute atomic E-state index is 0.00792. The van der Waals surface area contributed by atoms with E-state index in [1.165, 1.54) is 25.7 Å². The lowest BCUT2D eigenvalue weighted by Gasteiger charge is -2.16. The number of carbonyl (C=O) groups is 2. The van der Waals surface area contributed by atoms with Crippen LogP contribution in [0.15, 0.2) is 53.7 Å². The number of aromatic nitrogens is 1. The van der Waals surface area contributed by atoms with E-state index >= 15 is 0 Å². The van der Waals surface area contributed by atoms with E-state index in [1.54, 1.807) is 18.2 Å². The molecule has 0 aliphatic heterocycles. The number of guanidine groups is 1. The molecule has 0 spiro atoms. The second-order valence-electron chi connectivity index (χ2n) is 10.2. The van der Waals surface area contributed by atoms with Crippen molar-refractivity contribution in [2.75, 3.05) is 25.0 Å². The Balaban J connectivity index is 1.64. The Hall–Kier alpha value is -4.05. The zero-order chi connectivity index (χ0) is 29.5. The van der Waals surface area contributed by atoms with E-state index < -0.39 is 6.04 Å². The number of amides is 2. The summed E-state index contributed by atoms with van der Waals surface area (Å²) in [5, 5.41) is 7.00. The first kappa shape index (κ1) is 31.5. The maximum absolute atomic E-state index is 12.9. The van der Waals surface area contributed by atoms with Crippen molar-refractivity contribution in [2.45, 2.75) is 70.8 Å². The Morgan fingerprint density at radius 2 is 1.80 bits per heavy atom. The third-order valence-electron chi connectivity index (χ3n) is 6.93. The zero-order valence-corrected chi connectivity index (χ0v) is 24.1. The number of rotatable bonds is 18. The summed E-state index contributed by atoms with van der Waals surface area (Å²) in [7, 11) is 0. The van der Waals surface area contributed by atoms with Crippen LogP contribution in [0.25, 0.3) is 10.9 Å². The molecule has 0 radical (unpaired) electrons. The van der Waals surface area contributed by atoms with Crippen molar-refractivity contribution in [1.82, 2.24) is 10.3 Å². The van der Waals surface area contributed by atoms with E-state index in [9.17, 15) is 9.59 Å². The average molecular weight is 564 g/mol. The topological polar surface area (TPSA) is 174 Å². The van der Waals surface area contributed by atoms with Gasteiger partial charge in [0.1, 0.15) is 5.75 Å². The van der Waals surface area contributed by atoms with Crippen LogP contribution in [-0.2, 0) is 11.2 Å². The predicted molar refractivity (Wildman–Crippen MR) is 166 cm³/mol. The van der Waals surface area contributed by atoms with Crippen LogP contribution in [0.2, 0.25) is 0 Å². The summed E-state index contributed by atoms with van der Waals surface area (Å²) in [5.41, 5.74) is 19.9. The van der Waals surface area contributed by atoms with Crippen LogP contribution in [0, 0.1) is 0 Å². The van der Waals surface area contributed by atoms with Gasteiger partial charge in [0, 0.05) is 42.2 Å². The molecule has 3 rings (SSSR count). The number of nitrogens with zero attached hydrogens (tertiary/aromatic N) is 1. The quantitative estimate of drug-likeness (QED) is 0.0768. The summed E-state index contributed by atoms with van der Waals surface area (Å²) in [5.74, 6) is -0.0996. The van der Waals surface area contributed by atoms with Gasteiger partial charge >= 0.3 is 0 Å². The molecule has 0 unspecified atom stereocenters. The largest absolute Gasteiger partial charge is 0.491 e. The van der Waals surface area contributed by atoms with Crippen molar-refractivity contribution in [3.63, 3.8) is 0 Å². The van der Waals surface area contributed by atoms with Gasteiger partial charge in [-0.1, -0.05) is 57.2 Å². The van der Waals surface area contributed by atoms with Gasteiger partial charge in [-0.15, -0.1) is 0 Å². The first-order valence-electron chi connectivity index (χ1n) is 14.6. The SMILES string of the molecule is CCCCCCCCNC(=O)c1ccc(NC(=O)[C@@H](N)CCCN=C(N)N)c(OCCc2c[nH]c3ccccc23)c1. The number of fused-ring (bicyclic) bond motifs is 1. The fraction of sp³-hybridized carbons (Fsp3) is 0.452. The number of para-hydroxylation sites is 1. The maximum Gasteiger partial charge on any atom is 0.251 e. The molecule has 222 valence electrons. The number of nitrogens with one attached hydrogen (secondary N) is 3. The Morgan fingerprint density at radius 1 is 1.02 bits per heavy atom. The fourth-order valence-corrected chi connectivity index (χ4v) is 4.58. The molecule has 3 aromatic rings. The fourth-order valence-electron chi connectivity index (χ4n) is 4.58. The van der Waals surface area contributed by atoms with Crippen LogP contribution < -0.4 is 32.6 Å².